The number of aliphatic hydroxyl groups is 1. The van der Waals surface area contributed by atoms with Gasteiger partial charge in [-0.15, -0.1) is 0 Å². The molecule has 2 aromatic rings. The van der Waals surface area contributed by atoms with Crippen LogP contribution in [0.15, 0.2) is 48.5 Å². The second kappa shape index (κ2) is 5.87. The van der Waals surface area contributed by atoms with E-state index in [1.807, 2.05) is 0 Å². The van der Waals surface area contributed by atoms with Gasteiger partial charge in [0.1, 0.15) is 11.9 Å². The third-order valence-electron chi connectivity index (χ3n) is 2.82. The van der Waals surface area contributed by atoms with E-state index in [1.54, 1.807) is 55.6 Å². The highest BCUT2D eigenvalue weighted by molar-refractivity contribution is 6.31. The first-order valence-electron chi connectivity index (χ1n) is 5.74. The van der Waals surface area contributed by atoms with Crippen LogP contribution in [0.2, 0.25) is 5.02 Å². The Bertz CT molecular complexity index is 578. The maximum atomic E-state index is 12.1. The third-order valence-corrected chi connectivity index (χ3v) is 3.17. The molecule has 0 aliphatic heterocycles. The maximum Gasteiger partial charge on any atom is 0.195 e. The summed E-state index contributed by atoms with van der Waals surface area (Å²) in [6.07, 6.45) is -1.26. The highest BCUT2D eigenvalue weighted by Crippen LogP contribution is 2.26. The summed E-state index contributed by atoms with van der Waals surface area (Å²) >= 11 is 5.97. The number of rotatable bonds is 4. The van der Waals surface area contributed by atoms with Gasteiger partial charge >= 0.3 is 0 Å². The standard InChI is InChI=1S/C15H13ClO3/c1-19-11-8-6-10(7-9-11)14(17)15(18)12-4-2-3-5-13(12)16/h2-9,15,18H,1H3. The number of carbonyl (C=O) groups excluding carboxylic acids is 1. The van der Waals surface area contributed by atoms with Gasteiger partial charge in [-0.3, -0.25) is 4.79 Å². The zero-order chi connectivity index (χ0) is 13.8. The molecule has 0 aliphatic carbocycles. The van der Waals surface area contributed by atoms with E-state index in [0.29, 0.717) is 21.9 Å². The summed E-state index contributed by atoms with van der Waals surface area (Å²) in [4.78, 5) is 12.1. The molecule has 1 unspecified atom stereocenters. The van der Waals surface area contributed by atoms with Crippen molar-refractivity contribution in [1.82, 2.24) is 0 Å². The molecular weight excluding hydrogens is 264 g/mol. The summed E-state index contributed by atoms with van der Waals surface area (Å²) in [7, 11) is 1.55. The van der Waals surface area contributed by atoms with E-state index < -0.39 is 11.9 Å². The largest absolute Gasteiger partial charge is 0.497 e. The van der Waals surface area contributed by atoms with Gasteiger partial charge in [0.05, 0.1) is 7.11 Å². The minimum atomic E-state index is -1.26. The Morgan fingerprint density at radius 1 is 1.16 bits per heavy atom. The lowest BCUT2D eigenvalue weighted by atomic mass is 10.00. The number of benzene rings is 2. The summed E-state index contributed by atoms with van der Waals surface area (Å²) in [6, 6.07) is 13.3. The first-order valence-corrected chi connectivity index (χ1v) is 6.12. The fourth-order valence-corrected chi connectivity index (χ4v) is 1.99. The predicted molar refractivity (Wildman–Crippen MR) is 73.7 cm³/mol. The molecular formula is C15H13ClO3. The maximum absolute atomic E-state index is 12.1. The van der Waals surface area contributed by atoms with Gasteiger partial charge in [-0.1, -0.05) is 29.8 Å². The molecule has 0 amide bonds. The zero-order valence-corrected chi connectivity index (χ0v) is 11.1. The van der Waals surface area contributed by atoms with E-state index in [2.05, 4.69) is 0 Å². The Kier molecular flexibility index (Phi) is 4.20. The van der Waals surface area contributed by atoms with E-state index in [-0.39, 0.29) is 0 Å². The number of hydrogen-bond acceptors (Lipinski definition) is 3. The van der Waals surface area contributed by atoms with Crippen LogP contribution in [0.5, 0.6) is 5.75 Å². The van der Waals surface area contributed by atoms with Crippen molar-refractivity contribution in [3.63, 3.8) is 0 Å². The average Bonchev–Trinajstić information content (AvgIpc) is 2.46. The van der Waals surface area contributed by atoms with Crippen LogP contribution >= 0.6 is 11.6 Å². The molecule has 0 bridgehead atoms. The molecule has 98 valence electrons. The number of Topliss-reactive ketones (excluding diaryl/α,β-unsaturated/α-hetero) is 1. The van der Waals surface area contributed by atoms with Crippen LogP contribution in [-0.2, 0) is 0 Å². The van der Waals surface area contributed by atoms with Gasteiger partial charge in [0.2, 0.25) is 0 Å². The molecule has 2 aromatic carbocycles. The first-order chi connectivity index (χ1) is 9.13. The minimum Gasteiger partial charge on any atom is -0.497 e. The highest BCUT2D eigenvalue weighted by Gasteiger charge is 2.21. The summed E-state index contributed by atoms with van der Waals surface area (Å²) in [6.45, 7) is 0. The topological polar surface area (TPSA) is 46.5 Å². The van der Waals surface area contributed by atoms with Crippen molar-refractivity contribution in [3.8, 4) is 5.75 Å². The number of ketones is 1. The molecule has 2 rings (SSSR count). The molecule has 4 heteroatoms. The van der Waals surface area contributed by atoms with Gasteiger partial charge in [0, 0.05) is 16.1 Å². The van der Waals surface area contributed by atoms with Crippen molar-refractivity contribution in [3.05, 3.63) is 64.7 Å². The van der Waals surface area contributed by atoms with Crippen LogP contribution < -0.4 is 4.74 Å². The van der Waals surface area contributed by atoms with Crippen LogP contribution in [0.4, 0.5) is 0 Å². The van der Waals surface area contributed by atoms with Crippen molar-refractivity contribution >= 4 is 17.4 Å². The van der Waals surface area contributed by atoms with E-state index in [1.165, 1.54) is 0 Å². The number of methoxy groups -OCH3 is 1. The molecule has 3 nitrogen and oxygen atoms in total. The summed E-state index contributed by atoms with van der Waals surface area (Å²) in [5, 5.41) is 10.5. The van der Waals surface area contributed by atoms with Gasteiger partial charge in [0.25, 0.3) is 0 Å². The van der Waals surface area contributed by atoms with Crippen LogP contribution in [0.25, 0.3) is 0 Å². The molecule has 0 saturated heterocycles. The number of halogens is 1. The fraction of sp³-hybridized carbons (Fsp3) is 0.133. The molecule has 0 saturated carbocycles. The van der Waals surface area contributed by atoms with Gasteiger partial charge in [-0.25, -0.2) is 0 Å². The van der Waals surface area contributed by atoms with Crippen LogP contribution in [0.3, 0.4) is 0 Å². The Morgan fingerprint density at radius 3 is 2.37 bits per heavy atom. The van der Waals surface area contributed by atoms with Gasteiger partial charge in [-0.2, -0.15) is 0 Å². The summed E-state index contributed by atoms with van der Waals surface area (Å²) < 4.78 is 5.02. The van der Waals surface area contributed by atoms with Gasteiger partial charge in [0.15, 0.2) is 5.78 Å². The molecule has 0 aromatic heterocycles. The number of ether oxygens (including phenoxy) is 1. The van der Waals surface area contributed by atoms with Crippen molar-refractivity contribution in [2.45, 2.75) is 6.10 Å². The molecule has 1 atom stereocenters. The van der Waals surface area contributed by atoms with Crippen molar-refractivity contribution in [1.29, 1.82) is 0 Å². The summed E-state index contributed by atoms with van der Waals surface area (Å²) in [5.41, 5.74) is 0.818. The normalized spacial score (nSPS) is 11.9. The lowest BCUT2D eigenvalue weighted by molar-refractivity contribution is 0.0747. The van der Waals surface area contributed by atoms with E-state index in [9.17, 15) is 9.90 Å². The number of carbonyl (C=O) groups is 1. The van der Waals surface area contributed by atoms with E-state index in [0.717, 1.165) is 0 Å². The molecule has 0 aliphatic rings. The molecule has 0 radical (unpaired) electrons. The Labute approximate surface area is 116 Å². The third kappa shape index (κ3) is 2.95. The zero-order valence-electron chi connectivity index (χ0n) is 10.3. The lowest BCUT2D eigenvalue weighted by Crippen LogP contribution is -2.12. The monoisotopic (exact) mass is 276 g/mol. The number of hydrogen-bond donors (Lipinski definition) is 1. The van der Waals surface area contributed by atoms with Crippen LogP contribution in [-0.4, -0.2) is 18.0 Å². The number of aliphatic hydroxyl groups excluding tert-OH is 1. The van der Waals surface area contributed by atoms with Crippen molar-refractivity contribution in [2.75, 3.05) is 7.11 Å². The quantitative estimate of drug-likeness (QED) is 0.872. The van der Waals surface area contributed by atoms with Crippen molar-refractivity contribution < 1.29 is 14.6 Å². The highest BCUT2D eigenvalue weighted by atomic mass is 35.5. The fourth-order valence-electron chi connectivity index (χ4n) is 1.75. The van der Waals surface area contributed by atoms with E-state index in [4.69, 9.17) is 16.3 Å². The second-order valence-corrected chi connectivity index (χ2v) is 4.42. The molecule has 0 heterocycles. The first kappa shape index (κ1) is 13.6. The average molecular weight is 277 g/mol. The molecule has 19 heavy (non-hydrogen) atoms. The lowest BCUT2D eigenvalue weighted by Gasteiger charge is -2.11. The predicted octanol–water partition coefficient (Wildman–Crippen LogP) is 3.26. The van der Waals surface area contributed by atoms with Crippen LogP contribution in [0, 0.1) is 0 Å². The second-order valence-electron chi connectivity index (χ2n) is 4.02. The molecule has 1 N–H and O–H groups in total. The van der Waals surface area contributed by atoms with Gasteiger partial charge < -0.3 is 9.84 Å². The van der Waals surface area contributed by atoms with Crippen molar-refractivity contribution in [2.24, 2.45) is 0 Å². The smallest absolute Gasteiger partial charge is 0.195 e. The molecule has 0 fully saturated rings. The van der Waals surface area contributed by atoms with E-state index >= 15 is 0 Å². The van der Waals surface area contributed by atoms with Crippen LogP contribution in [0.1, 0.15) is 22.0 Å². The SMILES string of the molecule is COc1ccc(C(=O)C(O)c2ccccc2Cl)cc1. The summed E-state index contributed by atoms with van der Waals surface area (Å²) in [5.74, 6) is 0.263. The Balaban J connectivity index is 2.26. The Morgan fingerprint density at radius 2 is 1.79 bits per heavy atom. The minimum absolute atomic E-state index is 0.372. The molecule has 0 spiro atoms. The Hall–Kier alpha value is -1.84. The van der Waals surface area contributed by atoms with Gasteiger partial charge in [-0.05, 0) is 30.3 Å².